The smallest absolute Gasteiger partial charge is 0.161 e. The lowest BCUT2D eigenvalue weighted by atomic mass is 10.0. The third-order valence-electron chi connectivity index (χ3n) is 2.71. The molecule has 2 heterocycles. The second-order valence-electron chi connectivity index (χ2n) is 3.73. The molecular formula is C12H15NOS. The van der Waals surface area contributed by atoms with E-state index in [1.165, 1.54) is 4.88 Å². The standard InChI is InChI=1S/C12H15NOS/c1-2-13-6-5-12(14)10(9-13)8-11-4-3-7-15-11/h3-4,7-8H,2,5-6,9H2,1H3/b10-8+. The lowest BCUT2D eigenvalue weighted by Gasteiger charge is -2.26. The summed E-state index contributed by atoms with van der Waals surface area (Å²) in [6.07, 6.45) is 2.71. The fourth-order valence-corrected chi connectivity index (χ4v) is 2.45. The van der Waals surface area contributed by atoms with Crippen molar-refractivity contribution in [3.8, 4) is 0 Å². The first-order valence-corrected chi connectivity index (χ1v) is 6.17. The maximum atomic E-state index is 11.7. The molecule has 80 valence electrons. The minimum atomic E-state index is 0.313. The molecule has 0 saturated carbocycles. The number of Topliss-reactive ketones (excluding diaryl/α,β-unsaturated/α-hetero) is 1. The van der Waals surface area contributed by atoms with Crippen LogP contribution in [0.3, 0.4) is 0 Å². The van der Waals surface area contributed by atoms with Crippen LogP contribution in [0.5, 0.6) is 0 Å². The summed E-state index contributed by atoms with van der Waals surface area (Å²) in [6.45, 7) is 4.89. The summed E-state index contributed by atoms with van der Waals surface area (Å²) < 4.78 is 0. The highest BCUT2D eigenvalue weighted by atomic mass is 32.1. The van der Waals surface area contributed by atoms with Gasteiger partial charge in [0.05, 0.1) is 0 Å². The lowest BCUT2D eigenvalue weighted by Crippen LogP contribution is -2.35. The second-order valence-corrected chi connectivity index (χ2v) is 4.71. The normalized spacial score (nSPS) is 21.1. The number of piperidine rings is 1. The first-order chi connectivity index (χ1) is 7.29. The SMILES string of the molecule is CCN1CCC(=O)/C(=C/c2cccs2)C1. The summed E-state index contributed by atoms with van der Waals surface area (Å²) in [4.78, 5) is 15.2. The largest absolute Gasteiger partial charge is 0.299 e. The zero-order valence-electron chi connectivity index (χ0n) is 8.90. The molecule has 0 amide bonds. The van der Waals surface area contributed by atoms with Crippen LogP contribution in [0.4, 0.5) is 0 Å². The van der Waals surface area contributed by atoms with Gasteiger partial charge in [-0.25, -0.2) is 0 Å². The van der Waals surface area contributed by atoms with Crippen molar-refractivity contribution in [2.75, 3.05) is 19.6 Å². The molecule has 0 aromatic carbocycles. The molecule has 0 unspecified atom stereocenters. The number of likely N-dealkylation sites (tertiary alicyclic amines) is 1. The maximum Gasteiger partial charge on any atom is 0.161 e. The van der Waals surface area contributed by atoms with E-state index < -0.39 is 0 Å². The number of ketones is 1. The Labute approximate surface area is 94.2 Å². The van der Waals surface area contributed by atoms with Crippen LogP contribution >= 0.6 is 11.3 Å². The van der Waals surface area contributed by atoms with Crippen molar-refractivity contribution in [3.05, 3.63) is 28.0 Å². The van der Waals surface area contributed by atoms with Crippen LogP contribution in [0.1, 0.15) is 18.2 Å². The highest BCUT2D eigenvalue weighted by Gasteiger charge is 2.19. The van der Waals surface area contributed by atoms with Crippen LogP contribution in [0.2, 0.25) is 0 Å². The summed E-state index contributed by atoms with van der Waals surface area (Å²) in [5, 5.41) is 2.04. The average molecular weight is 221 g/mol. The molecule has 0 radical (unpaired) electrons. The van der Waals surface area contributed by atoms with E-state index in [4.69, 9.17) is 0 Å². The van der Waals surface area contributed by atoms with E-state index >= 15 is 0 Å². The topological polar surface area (TPSA) is 20.3 Å². The number of likely N-dealkylation sites (N-methyl/N-ethyl adjacent to an activating group) is 1. The molecule has 0 spiro atoms. The van der Waals surface area contributed by atoms with Crippen LogP contribution in [0.25, 0.3) is 6.08 Å². The summed E-state index contributed by atoms with van der Waals surface area (Å²) in [6, 6.07) is 4.07. The van der Waals surface area contributed by atoms with Gasteiger partial charge in [0.25, 0.3) is 0 Å². The van der Waals surface area contributed by atoms with Gasteiger partial charge in [0.15, 0.2) is 5.78 Å². The molecular weight excluding hydrogens is 206 g/mol. The van der Waals surface area contributed by atoms with Crippen LogP contribution in [0, 0.1) is 0 Å². The van der Waals surface area contributed by atoms with Gasteiger partial charge >= 0.3 is 0 Å². The van der Waals surface area contributed by atoms with E-state index in [1.54, 1.807) is 11.3 Å². The second kappa shape index (κ2) is 4.73. The van der Waals surface area contributed by atoms with Gasteiger partial charge in [-0.1, -0.05) is 13.0 Å². The van der Waals surface area contributed by atoms with Gasteiger partial charge in [0, 0.05) is 30.0 Å². The van der Waals surface area contributed by atoms with E-state index in [2.05, 4.69) is 17.9 Å². The molecule has 1 saturated heterocycles. The zero-order valence-corrected chi connectivity index (χ0v) is 9.72. The first kappa shape index (κ1) is 10.6. The zero-order chi connectivity index (χ0) is 10.7. The predicted molar refractivity (Wildman–Crippen MR) is 64.0 cm³/mol. The number of nitrogens with zero attached hydrogens (tertiary/aromatic N) is 1. The summed E-state index contributed by atoms with van der Waals surface area (Å²) in [5.74, 6) is 0.313. The summed E-state index contributed by atoms with van der Waals surface area (Å²) >= 11 is 1.68. The van der Waals surface area contributed by atoms with Crippen molar-refractivity contribution in [2.24, 2.45) is 0 Å². The number of hydrogen-bond acceptors (Lipinski definition) is 3. The third-order valence-corrected chi connectivity index (χ3v) is 3.53. The van der Waals surface area contributed by atoms with Gasteiger partial charge in [0.1, 0.15) is 0 Å². The van der Waals surface area contributed by atoms with E-state index in [0.29, 0.717) is 12.2 Å². The Morgan fingerprint density at radius 3 is 3.13 bits per heavy atom. The molecule has 2 nitrogen and oxygen atoms in total. The van der Waals surface area contributed by atoms with Gasteiger partial charge in [-0.2, -0.15) is 0 Å². The van der Waals surface area contributed by atoms with Gasteiger partial charge < -0.3 is 0 Å². The number of thiophene rings is 1. The Balaban J connectivity index is 2.15. The van der Waals surface area contributed by atoms with Gasteiger partial charge in [-0.15, -0.1) is 11.3 Å². The van der Waals surface area contributed by atoms with Crippen molar-refractivity contribution >= 4 is 23.2 Å². The lowest BCUT2D eigenvalue weighted by molar-refractivity contribution is -0.117. The molecule has 3 heteroatoms. The van der Waals surface area contributed by atoms with E-state index in [1.807, 2.05) is 17.5 Å². The van der Waals surface area contributed by atoms with Gasteiger partial charge in [0.2, 0.25) is 0 Å². The van der Waals surface area contributed by atoms with Crippen molar-refractivity contribution in [2.45, 2.75) is 13.3 Å². The molecule has 1 fully saturated rings. The highest BCUT2D eigenvalue weighted by molar-refractivity contribution is 7.10. The monoisotopic (exact) mass is 221 g/mol. The van der Waals surface area contributed by atoms with E-state index in [0.717, 1.165) is 25.2 Å². The molecule has 1 aromatic rings. The Bertz CT molecular complexity index is 367. The Hall–Kier alpha value is -0.930. The Morgan fingerprint density at radius 2 is 2.47 bits per heavy atom. The molecule has 1 aromatic heterocycles. The van der Waals surface area contributed by atoms with Gasteiger partial charge in [-0.3, -0.25) is 9.69 Å². The number of carbonyl (C=O) groups is 1. The van der Waals surface area contributed by atoms with Crippen molar-refractivity contribution in [1.29, 1.82) is 0 Å². The molecule has 0 bridgehead atoms. The van der Waals surface area contributed by atoms with Crippen LogP contribution < -0.4 is 0 Å². The maximum absolute atomic E-state index is 11.7. The molecule has 1 aliphatic heterocycles. The molecule has 0 atom stereocenters. The number of rotatable bonds is 2. The minimum Gasteiger partial charge on any atom is -0.299 e. The summed E-state index contributed by atoms with van der Waals surface area (Å²) in [5.41, 5.74) is 0.963. The molecule has 15 heavy (non-hydrogen) atoms. The van der Waals surface area contributed by atoms with Gasteiger partial charge in [-0.05, 0) is 24.1 Å². The minimum absolute atomic E-state index is 0.313. The quantitative estimate of drug-likeness (QED) is 0.715. The molecule has 0 aliphatic carbocycles. The van der Waals surface area contributed by atoms with Crippen molar-refractivity contribution < 1.29 is 4.79 Å². The van der Waals surface area contributed by atoms with E-state index in [9.17, 15) is 4.79 Å². The van der Waals surface area contributed by atoms with Crippen molar-refractivity contribution in [1.82, 2.24) is 4.90 Å². The van der Waals surface area contributed by atoms with Crippen LogP contribution in [0.15, 0.2) is 23.1 Å². The summed E-state index contributed by atoms with van der Waals surface area (Å²) in [7, 11) is 0. The predicted octanol–water partition coefficient (Wildman–Crippen LogP) is 2.43. The average Bonchev–Trinajstić information content (AvgIpc) is 2.74. The van der Waals surface area contributed by atoms with Crippen LogP contribution in [-0.2, 0) is 4.79 Å². The fourth-order valence-electron chi connectivity index (χ4n) is 1.77. The van der Waals surface area contributed by atoms with E-state index in [-0.39, 0.29) is 0 Å². The van der Waals surface area contributed by atoms with Crippen LogP contribution in [-0.4, -0.2) is 30.3 Å². The Morgan fingerprint density at radius 1 is 1.60 bits per heavy atom. The Kier molecular flexibility index (Phi) is 3.34. The number of carbonyl (C=O) groups excluding carboxylic acids is 1. The fraction of sp³-hybridized carbons (Fsp3) is 0.417. The highest BCUT2D eigenvalue weighted by Crippen LogP contribution is 2.18. The van der Waals surface area contributed by atoms with Crippen molar-refractivity contribution in [3.63, 3.8) is 0 Å². The molecule has 2 rings (SSSR count). The number of hydrogen-bond donors (Lipinski definition) is 0. The third kappa shape index (κ3) is 2.55. The molecule has 1 aliphatic rings. The molecule has 0 N–H and O–H groups in total. The first-order valence-electron chi connectivity index (χ1n) is 5.29.